The van der Waals surface area contributed by atoms with Gasteiger partial charge in [0.25, 0.3) is 5.56 Å². The molecule has 0 radical (unpaired) electrons. The Labute approximate surface area is 211 Å². The van der Waals surface area contributed by atoms with Crippen LogP contribution in [0.15, 0.2) is 52.2 Å². The van der Waals surface area contributed by atoms with Crippen LogP contribution in [0.3, 0.4) is 0 Å². The van der Waals surface area contributed by atoms with Crippen molar-refractivity contribution in [2.45, 2.75) is 45.2 Å². The number of aromatic carboxylic acids is 1. The zero-order chi connectivity index (χ0) is 26.0. The third-order valence-corrected chi connectivity index (χ3v) is 6.76. The highest BCUT2D eigenvalue weighted by atomic mass is 35.5. The van der Waals surface area contributed by atoms with Gasteiger partial charge in [0.15, 0.2) is 11.6 Å². The Morgan fingerprint density at radius 1 is 1.31 bits per heavy atom. The Hall–Kier alpha value is -3.43. The first-order valence-electron chi connectivity index (χ1n) is 11.7. The summed E-state index contributed by atoms with van der Waals surface area (Å²) in [7, 11) is 0. The van der Waals surface area contributed by atoms with Crippen LogP contribution in [0.25, 0.3) is 0 Å². The molecule has 10 heteroatoms. The van der Waals surface area contributed by atoms with E-state index >= 15 is 4.39 Å². The highest BCUT2D eigenvalue weighted by Gasteiger charge is 2.31. The molecular weight excluding hydrogens is 489 g/mol. The molecule has 8 nitrogen and oxygen atoms in total. The zero-order valence-electron chi connectivity index (χ0n) is 20.0. The number of H-pyrrole nitrogens is 1. The number of likely N-dealkylation sites (tertiary alicyclic amines) is 1. The second kappa shape index (κ2) is 10.7. The maximum absolute atomic E-state index is 15.9. The van der Waals surface area contributed by atoms with Crippen LogP contribution in [0, 0.1) is 12.7 Å². The fraction of sp³-hybridized carbons (Fsp3) is 0.346. The number of hydrogen-bond donors (Lipinski definition) is 2. The summed E-state index contributed by atoms with van der Waals surface area (Å²) in [4.78, 5) is 40.5. The van der Waals surface area contributed by atoms with Crippen molar-refractivity contribution in [3.8, 4) is 11.5 Å². The summed E-state index contributed by atoms with van der Waals surface area (Å²) >= 11 is 6.01. The first kappa shape index (κ1) is 25.7. The van der Waals surface area contributed by atoms with E-state index in [1.807, 2.05) is 6.92 Å². The number of carboxylic acid groups (broad SMARTS) is 1. The minimum absolute atomic E-state index is 0.195. The smallest absolute Gasteiger partial charge is 0.339 e. The number of aryl methyl sites for hydroxylation is 1. The number of halogens is 2. The normalized spacial score (nSPS) is 17.1. The lowest BCUT2D eigenvalue weighted by atomic mass is 9.95. The Morgan fingerprint density at radius 2 is 2.08 bits per heavy atom. The molecule has 4 rings (SSSR count). The molecule has 1 aliphatic rings. The van der Waals surface area contributed by atoms with E-state index in [0.29, 0.717) is 35.7 Å². The Bertz CT molecular complexity index is 1400. The van der Waals surface area contributed by atoms with E-state index in [9.17, 15) is 19.5 Å². The summed E-state index contributed by atoms with van der Waals surface area (Å²) in [5.74, 6) is -2.21. The average Bonchev–Trinajstić information content (AvgIpc) is 2.84. The van der Waals surface area contributed by atoms with Gasteiger partial charge in [-0.15, -0.1) is 0 Å². The van der Waals surface area contributed by atoms with Crippen LogP contribution in [0.1, 0.15) is 59.8 Å². The molecule has 2 N–H and O–H groups in total. The number of rotatable bonds is 7. The highest BCUT2D eigenvalue weighted by Crippen LogP contribution is 2.38. The highest BCUT2D eigenvalue weighted by molar-refractivity contribution is 6.30. The van der Waals surface area contributed by atoms with Crippen LogP contribution in [0.5, 0.6) is 11.5 Å². The predicted octanol–water partition coefficient (Wildman–Crippen LogP) is 4.92. The molecule has 0 aliphatic carbocycles. The zero-order valence-corrected chi connectivity index (χ0v) is 20.7. The number of hydrogen-bond acceptors (Lipinski definition) is 5. The van der Waals surface area contributed by atoms with E-state index in [1.54, 1.807) is 31.3 Å². The van der Waals surface area contributed by atoms with Crippen LogP contribution in [-0.4, -0.2) is 38.6 Å². The summed E-state index contributed by atoms with van der Waals surface area (Å²) in [6.45, 7) is 4.71. The van der Waals surface area contributed by atoms with Gasteiger partial charge in [0, 0.05) is 34.9 Å². The van der Waals surface area contributed by atoms with E-state index in [0.717, 1.165) is 12.8 Å². The molecular formula is C26H27ClFN3O5. The molecule has 0 spiro atoms. The molecule has 190 valence electrons. The SMILES string of the molecule is CC[C@@H](c1ccc(C(=O)O)c(Oc2cccc(Cl)c2)c1F)N1CCC[C@H](n2cc(C)c(=O)[nH]c2=O)C1. The van der Waals surface area contributed by atoms with Crippen LogP contribution in [0.2, 0.25) is 5.02 Å². The molecule has 1 saturated heterocycles. The maximum Gasteiger partial charge on any atom is 0.339 e. The van der Waals surface area contributed by atoms with Crippen molar-refractivity contribution in [2.75, 3.05) is 13.1 Å². The summed E-state index contributed by atoms with van der Waals surface area (Å²) in [5.41, 5.74) is -0.428. The monoisotopic (exact) mass is 515 g/mol. The summed E-state index contributed by atoms with van der Waals surface area (Å²) in [6, 6.07) is 8.57. The molecule has 1 aliphatic heterocycles. The van der Waals surface area contributed by atoms with Gasteiger partial charge in [-0.25, -0.2) is 14.0 Å². The quantitative estimate of drug-likeness (QED) is 0.463. The van der Waals surface area contributed by atoms with Crippen molar-refractivity contribution in [3.63, 3.8) is 0 Å². The van der Waals surface area contributed by atoms with Crippen molar-refractivity contribution >= 4 is 17.6 Å². The summed E-state index contributed by atoms with van der Waals surface area (Å²) in [5, 5.41) is 10.0. The van der Waals surface area contributed by atoms with Gasteiger partial charge >= 0.3 is 11.7 Å². The lowest BCUT2D eigenvalue weighted by molar-refractivity contribution is 0.0693. The molecule has 1 aromatic heterocycles. The van der Waals surface area contributed by atoms with E-state index in [1.165, 1.54) is 22.8 Å². The van der Waals surface area contributed by atoms with Gasteiger partial charge in [-0.1, -0.05) is 30.7 Å². The van der Waals surface area contributed by atoms with Gasteiger partial charge in [-0.05, 0) is 57.0 Å². The molecule has 2 atom stereocenters. The van der Waals surface area contributed by atoms with E-state index in [4.69, 9.17) is 16.3 Å². The largest absolute Gasteiger partial charge is 0.478 e. The summed E-state index contributed by atoms with van der Waals surface area (Å²) < 4.78 is 23.1. The van der Waals surface area contributed by atoms with Gasteiger partial charge in [0.1, 0.15) is 11.3 Å². The first-order chi connectivity index (χ1) is 17.2. The number of nitrogens with zero attached hydrogens (tertiary/aromatic N) is 2. The first-order valence-corrected chi connectivity index (χ1v) is 12.1. The van der Waals surface area contributed by atoms with Gasteiger partial charge in [0.2, 0.25) is 0 Å². The maximum atomic E-state index is 15.9. The second-order valence-corrected chi connectivity index (χ2v) is 9.34. The van der Waals surface area contributed by atoms with E-state index < -0.39 is 23.0 Å². The van der Waals surface area contributed by atoms with Crippen molar-refractivity contribution in [3.05, 3.63) is 91.0 Å². The topological polar surface area (TPSA) is 105 Å². The third kappa shape index (κ3) is 5.22. The lowest BCUT2D eigenvalue weighted by Gasteiger charge is -2.39. The Kier molecular flexibility index (Phi) is 7.61. The van der Waals surface area contributed by atoms with Crippen molar-refractivity contribution in [1.82, 2.24) is 14.5 Å². The van der Waals surface area contributed by atoms with Crippen molar-refractivity contribution < 1.29 is 19.0 Å². The molecule has 2 aromatic carbocycles. The fourth-order valence-electron chi connectivity index (χ4n) is 4.77. The van der Waals surface area contributed by atoms with Gasteiger partial charge in [-0.2, -0.15) is 0 Å². The van der Waals surface area contributed by atoms with Gasteiger partial charge in [-0.3, -0.25) is 19.2 Å². The Morgan fingerprint density at radius 3 is 2.78 bits per heavy atom. The summed E-state index contributed by atoms with van der Waals surface area (Å²) in [6.07, 6.45) is 3.62. The molecule has 0 amide bonds. The molecule has 3 aromatic rings. The van der Waals surface area contributed by atoms with Crippen LogP contribution in [0.4, 0.5) is 4.39 Å². The number of aromatic nitrogens is 2. The molecule has 1 fully saturated rings. The second-order valence-electron chi connectivity index (χ2n) is 8.90. The van der Waals surface area contributed by atoms with Gasteiger partial charge < -0.3 is 9.84 Å². The predicted molar refractivity (Wildman–Crippen MR) is 134 cm³/mol. The van der Waals surface area contributed by atoms with Gasteiger partial charge in [0.05, 0.1) is 6.04 Å². The minimum Gasteiger partial charge on any atom is -0.478 e. The fourth-order valence-corrected chi connectivity index (χ4v) is 4.95. The number of carboxylic acids is 1. The molecule has 0 unspecified atom stereocenters. The third-order valence-electron chi connectivity index (χ3n) is 6.53. The number of piperidine rings is 1. The number of benzene rings is 2. The van der Waals surface area contributed by atoms with E-state index in [-0.39, 0.29) is 29.1 Å². The minimum atomic E-state index is -1.31. The molecule has 0 saturated carbocycles. The van der Waals surface area contributed by atoms with Crippen molar-refractivity contribution in [2.24, 2.45) is 0 Å². The van der Waals surface area contributed by atoms with Crippen LogP contribution < -0.4 is 16.0 Å². The number of ether oxygens (including phenoxy) is 1. The standard InChI is InChI=1S/C26H27ClFN3O5/c1-3-21(30-11-5-7-17(14-30)31-13-15(2)24(32)29-26(31)35)19-9-10-20(25(33)34)23(22(19)28)36-18-8-4-6-16(27)12-18/h4,6,8-10,12-13,17,21H,3,5,7,11,14H2,1-2H3,(H,33,34)(H,29,32,35)/t17-,21-/m0/s1. The van der Waals surface area contributed by atoms with Crippen LogP contribution >= 0.6 is 11.6 Å². The Balaban J connectivity index is 1.69. The van der Waals surface area contributed by atoms with Crippen molar-refractivity contribution in [1.29, 1.82) is 0 Å². The molecule has 0 bridgehead atoms. The number of aromatic amines is 1. The molecule has 2 heterocycles. The molecule has 36 heavy (non-hydrogen) atoms. The lowest BCUT2D eigenvalue weighted by Crippen LogP contribution is -2.43. The number of carbonyl (C=O) groups is 1. The average molecular weight is 516 g/mol. The number of nitrogens with one attached hydrogen (secondary N) is 1. The van der Waals surface area contributed by atoms with Crippen LogP contribution in [-0.2, 0) is 0 Å². The van der Waals surface area contributed by atoms with E-state index in [2.05, 4.69) is 9.88 Å².